The largest absolute Gasteiger partial charge is 0.493 e. The molecule has 0 radical (unpaired) electrons. The van der Waals surface area contributed by atoms with Crippen LogP contribution in [0.25, 0.3) is 6.08 Å². The number of nitrogens with one attached hydrogen (secondary N) is 1. The predicted molar refractivity (Wildman–Crippen MR) is 90.6 cm³/mol. The third kappa shape index (κ3) is 2.87. The van der Waals surface area contributed by atoms with Gasteiger partial charge in [0.25, 0.3) is 0 Å². The van der Waals surface area contributed by atoms with Gasteiger partial charge in [0, 0.05) is 17.4 Å². The van der Waals surface area contributed by atoms with Crippen LogP contribution in [-0.2, 0) is 6.42 Å². The summed E-state index contributed by atoms with van der Waals surface area (Å²) in [5, 5.41) is 7.46. The van der Waals surface area contributed by atoms with Gasteiger partial charge in [-0.2, -0.15) is 0 Å². The lowest BCUT2D eigenvalue weighted by Crippen LogP contribution is -2.27. The highest BCUT2D eigenvalue weighted by Gasteiger charge is 2.46. The molecule has 1 atom stereocenters. The zero-order chi connectivity index (χ0) is 16.6. The third-order valence-corrected chi connectivity index (χ3v) is 4.82. The molecule has 1 aromatic carbocycles. The number of fused-ring (bicyclic) bond motifs is 1. The molecular weight excluding hydrogens is 292 g/mol. The van der Waals surface area contributed by atoms with Gasteiger partial charge in [0.1, 0.15) is 6.10 Å². The van der Waals surface area contributed by atoms with E-state index in [1.54, 1.807) is 14.2 Å². The van der Waals surface area contributed by atoms with E-state index in [4.69, 9.17) is 25.4 Å². The molecule has 1 aliphatic heterocycles. The Balaban J connectivity index is 2.03. The molecule has 0 spiro atoms. The molecule has 124 valence electrons. The molecule has 3 rings (SSSR count). The molecule has 0 aromatic heterocycles. The van der Waals surface area contributed by atoms with Crippen LogP contribution in [0.2, 0.25) is 0 Å². The molecule has 5 heteroatoms. The maximum Gasteiger partial charge on any atom is 0.203 e. The Morgan fingerprint density at radius 1 is 1.39 bits per heavy atom. The van der Waals surface area contributed by atoms with Crippen LogP contribution in [-0.4, -0.2) is 26.2 Å². The summed E-state index contributed by atoms with van der Waals surface area (Å²) in [5.41, 5.74) is 7.80. The van der Waals surface area contributed by atoms with Crippen molar-refractivity contribution in [1.29, 1.82) is 5.41 Å². The number of aryl methyl sites for hydroxylation is 1. The number of amidine groups is 1. The summed E-state index contributed by atoms with van der Waals surface area (Å²) >= 11 is 0. The van der Waals surface area contributed by atoms with E-state index in [1.165, 1.54) is 12.8 Å². The van der Waals surface area contributed by atoms with E-state index in [1.807, 2.05) is 6.07 Å². The molecule has 0 saturated heterocycles. The van der Waals surface area contributed by atoms with Crippen molar-refractivity contribution in [3.8, 4) is 17.2 Å². The van der Waals surface area contributed by atoms with Crippen molar-refractivity contribution in [2.45, 2.75) is 38.7 Å². The van der Waals surface area contributed by atoms with Crippen molar-refractivity contribution in [2.75, 3.05) is 14.2 Å². The van der Waals surface area contributed by atoms with Crippen LogP contribution >= 0.6 is 0 Å². The van der Waals surface area contributed by atoms with E-state index in [0.717, 1.165) is 16.9 Å². The first-order chi connectivity index (χ1) is 11.0. The SMILES string of the molecule is COc1cc(CCC(=N)N)c2c(c1OC)OC(C1(C)CC1)C=C2. The second kappa shape index (κ2) is 5.80. The molecule has 1 unspecified atom stereocenters. The standard InChI is InChI=1S/C18H24N2O3/c1-18(8-9-18)14-6-5-12-11(4-7-15(19)20)10-13(21-2)17(22-3)16(12)23-14/h5-6,10,14H,4,7-9H2,1-3H3,(H3,19,20). The smallest absolute Gasteiger partial charge is 0.203 e. The highest BCUT2D eigenvalue weighted by atomic mass is 16.5. The minimum atomic E-state index is 0.0664. The maximum absolute atomic E-state index is 7.46. The lowest BCUT2D eigenvalue weighted by atomic mass is 9.94. The van der Waals surface area contributed by atoms with E-state index in [9.17, 15) is 0 Å². The van der Waals surface area contributed by atoms with Crippen molar-refractivity contribution >= 4 is 11.9 Å². The fourth-order valence-electron chi connectivity index (χ4n) is 3.01. The molecule has 5 nitrogen and oxygen atoms in total. The number of nitrogens with two attached hydrogens (primary N) is 1. The zero-order valence-corrected chi connectivity index (χ0v) is 13.9. The quantitative estimate of drug-likeness (QED) is 0.624. The molecule has 1 heterocycles. The Morgan fingerprint density at radius 3 is 2.70 bits per heavy atom. The molecular formula is C18H24N2O3. The molecule has 1 fully saturated rings. The summed E-state index contributed by atoms with van der Waals surface area (Å²) in [6.07, 6.45) is 7.87. The zero-order valence-electron chi connectivity index (χ0n) is 13.9. The normalized spacial score (nSPS) is 20.4. The lowest BCUT2D eigenvalue weighted by Gasteiger charge is -2.29. The minimum absolute atomic E-state index is 0.0664. The first kappa shape index (κ1) is 15.7. The van der Waals surface area contributed by atoms with E-state index in [-0.39, 0.29) is 17.4 Å². The van der Waals surface area contributed by atoms with Crippen molar-refractivity contribution in [3.63, 3.8) is 0 Å². The van der Waals surface area contributed by atoms with Crippen LogP contribution in [0.3, 0.4) is 0 Å². The van der Waals surface area contributed by atoms with Crippen LogP contribution < -0.4 is 19.9 Å². The number of rotatable bonds is 6. The highest BCUT2D eigenvalue weighted by molar-refractivity contribution is 5.78. The van der Waals surface area contributed by atoms with Crippen molar-refractivity contribution in [1.82, 2.24) is 0 Å². The van der Waals surface area contributed by atoms with Gasteiger partial charge in [0.2, 0.25) is 5.75 Å². The average molecular weight is 316 g/mol. The Hall–Kier alpha value is -2.17. The van der Waals surface area contributed by atoms with Crippen LogP contribution in [0.5, 0.6) is 17.2 Å². The molecule has 3 N–H and O–H groups in total. The first-order valence-electron chi connectivity index (χ1n) is 7.94. The van der Waals surface area contributed by atoms with Gasteiger partial charge in [-0.25, -0.2) is 0 Å². The number of ether oxygens (including phenoxy) is 3. The summed E-state index contributed by atoms with van der Waals surface area (Å²) in [7, 11) is 3.25. The first-order valence-corrected chi connectivity index (χ1v) is 7.94. The van der Waals surface area contributed by atoms with E-state index >= 15 is 0 Å². The van der Waals surface area contributed by atoms with E-state index in [0.29, 0.717) is 24.3 Å². The summed E-state index contributed by atoms with van der Waals surface area (Å²) in [4.78, 5) is 0. The van der Waals surface area contributed by atoms with Crippen LogP contribution in [0.4, 0.5) is 0 Å². The summed E-state index contributed by atoms with van der Waals surface area (Å²) in [6, 6.07) is 1.95. The third-order valence-electron chi connectivity index (χ3n) is 4.82. The second-order valence-electron chi connectivity index (χ2n) is 6.59. The van der Waals surface area contributed by atoms with Crippen molar-refractivity contribution in [3.05, 3.63) is 23.3 Å². The number of methoxy groups -OCH3 is 2. The maximum atomic E-state index is 7.46. The van der Waals surface area contributed by atoms with Gasteiger partial charge in [0.05, 0.1) is 20.1 Å². The predicted octanol–water partition coefficient (Wildman–Crippen LogP) is 3.15. The van der Waals surface area contributed by atoms with Crippen molar-refractivity contribution in [2.24, 2.45) is 11.1 Å². The van der Waals surface area contributed by atoms with E-state index in [2.05, 4.69) is 19.1 Å². The van der Waals surface area contributed by atoms with Gasteiger partial charge in [-0.15, -0.1) is 0 Å². The monoisotopic (exact) mass is 316 g/mol. The van der Waals surface area contributed by atoms with Crippen LogP contribution in [0.15, 0.2) is 12.1 Å². The van der Waals surface area contributed by atoms with Gasteiger partial charge in [-0.3, -0.25) is 5.41 Å². The average Bonchev–Trinajstić information content (AvgIpc) is 3.30. The molecule has 1 saturated carbocycles. The summed E-state index contributed by atoms with van der Waals surface area (Å²) in [5.74, 6) is 2.20. The number of hydrogen-bond donors (Lipinski definition) is 2. The van der Waals surface area contributed by atoms with Gasteiger partial charge in [-0.1, -0.05) is 13.0 Å². The molecule has 1 aliphatic carbocycles. The van der Waals surface area contributed by atoms with E-state index < -0.39 is 0 Å². The molecule has 23 heavy (non-hydrogen) atoms. The highest BCUT2D eigenvalue weighted by Crippen LogP contribution is 2.54. The lowest BCUT2D eigenvalue weighted by molar-refractivity contribution is 0.163. The summed E-state index contributed by atoms with van der Waals surface area (Å²) in [6.45, 7) is 2.25. The fourth-order valence-corrected chi connectivity index (χ4v) is 3.01. The Kier molecular flexibility index (Phi) is 3.96. The van der Waals surface area contributed by atoms with Crippen LogP contribution in [0, 0.1) is 10.8 Å². The Morgan fingerprint density at radius 2 is 2.13 bits per heavy atom. The van der Waals surface area contributed by atoms with Gasteiger partial charge < -0.3 is 19.9 Å². The van der Waals surface area contributed by atoms with Gasteiger partial charge >= 0.3 is 0 Å². The topological polar surface area (TPSA) is 77.6 Å². The molecule has 0 amide bonds. The van der Waals surface area contributed by atoms with Crippen LogP contribution in [0.1, 0.15) is 37.3 Å². The number of hydrogen-bond acceptors (Lipinski definition) is 4. The molecule has 1 aromatic rings. The molecule has 0 bridgehead atoms. The fraction of sp³-hybridized carbons (Fsp3) is 0.500. The van der Waals surface area contributed by atoms with Crippen molar-refractivity contribution < 1.29 is 14.2 Å². The summed E-state index contributed by atoms with van der Waals surface area (Å²) < 4.78 is 17.3. The Bertz CT molecular complexity index is 663. The van der Waals surface area contributed by atoms with Gasteiger partial charge in [-0.05, 0) is 37.0 Å². The minimum Gasteiger partial charge on any atom is -0.493 e. The second-order valence-corrected chi connectivity index (χ2v) is 6.59. The number of benzene rings is 1. The van der Waals surface area contributed by atoms with Gasteiger partial charge in [0.15, 0.2) is 11.5 Å². The molecule has 2 aliphatic rings. The Labute approximate surface area is 136 Å².